The number of hydrogen-bond acceptors (Lipinski definition) is 5. The number of nitrogens with one attached hydrogen (secondary N) is 1. The fraction of sp³-hybridized carbons (Fsp3) is 0.250. The number of benzene rings is 1. The van der Waals surface area contributed by atoms with Gasteiger partial charge in [-0.05, 0) is 18.9 Å². The van der Waals surface area contributed by atoms with Crippen LogP contribution in [-0.4, -0.2) is 15.9 Å². The molecular weight excluding hydrogens is 234 g/mol. The molecule has 0 atom stereocenters. The number of non-ortho nitro benzene ring substituents is 1. The fourth-order valence-electron chi connectivity index (χ4n) is 2.05. The minimum atomic E-state index is -0.453. The molecule has 1 aliphatic rings. The van der Waals surface area contributed by atoms with E-state index >= 15 is 0 Å². The largest absolute Gasteiger partial charge is 0.423 e. The molecule has 92 valence electrons. The van der Waals surface area contributed by atoms with E-state index in [0.717, 1.165) is 12.8 Å². The van der Waals surface area contributed by atoms with Crippen LogP contribution < -0.4 is 5.32 Å². The summed E-state index contributed by atoms with van der Waals surface area (Å²) < 4.78 is 5.47. The number of anilines is 1. The van der Waals surface area contributed by atoms with Gasteiger partial charge in [-0.3, -0.25) is 10.1 Å². The summed E-state index contributed by atoms with van der Waals surface area (Å²) in [7, 11) is 0. The Morgan fingerprint density at radius 2 is 2.17 bits per heavy atom. The molecule has 0 aliphatic heterocycles. The highest BCUT2D eigenvalue weighted by Gasteiger charge is 2.19. The molecule has 1 heterocycles. The average molecular weight is 245 g/mol. The van der Waals surface area contributed by atoms with Crippen LogP contribution in [0.15, 0.2) is 34.8 Å². The highest BCUT2D eigenvalue weighted by molar-refractivity contribution is 5.84. The predicted molar refractivity (Wildman–Crippen MR) is 66.4 cm³/mol. The number of oxazole rings is 1. The first-order valence-electron chi connectivity index (χ1n) is 5.69. The molecule has 0 unspecified atom stereocenters. The molecule has 1 aromatic heterocycles. The second kappa shape index (κ2) is 4.14. The number of aromatic nitrogens is 1. The van der Waals surface area contributed by atoms with Crippen LogP contribution >= 0.6 is 0 Å². The van der Waals surface area contributed by atoms with Gasteiger partial charge < -0.3 is 9.73 Å². The van der Waals surface area contributed by atoms with Gasteiger partial charge >= 0.3 is 0 Å². The zero-order valence-electron chi connectivity index (χ0n) is 9.50. The Labute approximate surface area is 102 Å². The Hall–Kier alpha value is -2.37. The zero-order chi connectivity index (χ0) is 12.5. The van der Waals surface area contributed by atoms with Crippen molar-refractivity contribution in [2.45, 2.75) is 18.9 Å². The summed E-state index contributed by atoms with van der Waals surface area (Å²) in [6.07, 6.45) is 6.01. The standard InChI is InChI=1S/C12H11N3O3/c16-15(17)9-6-3-7-10-11(9)14-12(18-10)13-8-4-1-2-5-8/h1-3,6-8H,4-5H2,(H,13,14). The summed E-state index contributed by atoms with van der Waals surface area (Å²) >= 11 is 0. The van der Waals surface area contributed by atoms with Gasteiger partial charge in [0.2, 0.25) is 0 Å². The number of para-hydroxylation sites is 1. The van der Waals surface area contributed by atoms with Crippen molar-refractivity contribution in [3.05, 3.63) is 40.5 Å². The molecule has 6 heteroatoms. The van der Waals surface area contributed by atoms with E-state index in [0.29, 0.717) is 11.6 Å². The van der Waals surface area contributed by atoms with E-state index in [1.165, 1.54) is 6.07 Å². The molecule has 1 aliphatic carbocycles. The molecule has 2 aromatic rings. The Morgan fingerprint density at radius 1 is 1.39 bits per heavy atom. The van der Waals surface area contributed by atoms with Crippen LogP contribution in [0.3, 0.4) is 0 Å². The van der Waals surface area contributed by atoms with Crippen molar-refractivity contribution in [2.75, 3.05) is 5.32 Å². The van der Waals surface area contributed by atoms with Crippen molar-refractivity contribution in [1.29, 1.82) is 0 Å². The summed E-state index contributed by atoms with van der Waals surface area (Å²) in [6, 6.07) is 5.29. The molecule has 0 bridgehead atoms. The van der Waals surface area contributed by atoms with Gasteiger partial charge in [0.1, 0.15) is 0 Å². The van der Waals surface area contributed by atoms with Gasteiger partial charge in [0.15, 0.2) is 11.1 Å². The fourth-order valence-corrected chi connectivity index (χ4v) is 2.05. The van der Waals surface area contributed by atoms with Crippen LogP contribution in [0.2, 0.25) is 0 Å². The van der Waals surface area contributed by atoms with Crippen LogP contribution in [0.5, 0.6) is 0 Å². The van der Waals surface area contributed by atoms with Crippen molar-refractivity contribution in [1.82, 2.24) is 4.98 Å². The quantitative estimate of drug-likeness (QED) is 0.510. The maximum Gasteiger partial charge on any atom is 0.298 e. The molecule has 0 radical (unpaired) electrons. The normalized spacial score (nSPS) is 15.3. The zero-order valence-corrected chi connectivity index (χ0v) is 9.50. The minimum Gasteiger partial charge on any atom is -0.423 e. The third-order valence-corrected chi connectivity index (χ3v) is 2.93. The van der Waals surface area contributed by atoms with E-state index in [1.807, 2.05) is 0 Å². The number of nitro groups is 1. The molecule has 0 spiro atoms. The molecular formula is C12H11N3O3. The van der Waals surface area contributed by atoms with Gasteiger partial charge in [-0.2, -0.15) is 4.98 Å². The molecule has 18 heavy (non-hydrogen) atoms. The monoisotopic (exact) mass is 245 g/mol. The van der Waals surface area contributed by atoms with Gasteiger partial charge in [-0.25, -0.2) is 0 Å². The summed E-state index contributed by atoms with van der Waals surface area (Å²) in [5, 5.41) is 14.0. The molecule has 3 rings (SSSR count). The van der Waals surface area contributed by atoms with Crippen LogP contribution in [0.1, 0.15) is 12.8 Å². The molecule has 1 N–H and O–H groups in total. The second-order valence-corrected chi connectivity index (χ2v) is 4.18. The number of nitro benzene ring substituents is 1. The van der Waals surface area contributed by atoms with Crippen LogP contribution in [0.4, 0.5) is 11.7 Å². The minimum absolute atomic E-state index is 0.0335. The molecule has 1 aromatic carbocycles. The third-order valence-electron chi connectivity index (χ3n) is 2.93. The smallest absolute Gasteiger partial charge is 0.298 e. The number of rotatable bonds is 3. The lowest BCUT2D eigenvalue weighted by molar-refractivity contribution is -0.383. The number of hydrogen-bond donors (Lipinski definition) is 1. The van der Waals surface area contributed by atoms with Crippen molar-refractivity contribution < 1.29 is 9.34 Å². The maximum atomic E-state index is 10.9. The van der Waals surface area contributed by atoms with Gasteiger partial charge in [0, 0.05) is 12.1 Å². The van der Waals surface area contributed by atoms with Gasteiger partial charge in [0.25, 0.3) is 11.7 Å². The lowest BCUT2D eigenvalue weighted by Gasteiger charge is -2.08. The predicted octanol–water partition coefficient (Wildman–Crippen LogP) is 2.87. The third kappa shape index (κ3) is 1.81. The van der Waals surface area contributed by atoms with E-state index in [1.54, 1.807) is 12.1 Å². The lowest BCUT2D eigenvalue weighted by atomic mass is 10.2. The Morgan fingerprint density at radius 3 is 2.89 bits per heavy atom. The van der Waals surface area contributed by atoms with Gasteiger partial charge in [-0.1, -0.05) is 18.2 Å². The van der Waals surface area contributed by atoms with Gasteiger partial charge in [0.05, 0.1) is 4.92 Å². The highest BCUT2D eigenvalue weighted by Crippen LogP contribution is 2.28. The van der Waals surface area contributed by atoms with Crippen molar-refractivity contribution in [3.8, 4) is 0 Å². The summed E-state index contributed by atoms with van der Waals surface area (Å²) in [6.45, 7) is 0. The Kier molecular flexibility index (Phi) is 2.47. The first kappa shape index (κ1) is 10.8. The number of fused-ring (bicyclic) bond motifs is 1. The van der Waals surface area contributed by atoms with E-state index in [4.69, 9.17) is 4.42 Å². The SMILES string of the molecule is O=[N+]([O-])c1cccc2oc(NC3CC=CC3)nc12. The van der Waals surface area contributed by atoms with Gasteiger partial charge in [-0.15, -0.1) is 0 Å². The molecule has 0 saturated carbocycles. The topological polar surface area (TPSA) is 81.2 Å². The van der Waals surface area contributed by atoms with Crippen molar-refractivity contribution in [3.63, 3.8) is 0 Å². The lowest BCUT2D eigenvalue weighted by Crippen LogP contribution is -2.14. The Balaban J connectivity index is 1.95. The first-order chi connectivity index (χ1) is 8.74. The highest BCUT2D eigenvalue weighted by atomic mass is 16.6. The summed E-state index contributed by atoms with van der Waals surface area (Å²) in [5.74, 6) is 0. The molecule has 6 nitrogen and oxygen atoms in total. The van der Waals surface area contributed by atoms with E-state index in [2.05, 4.69) is 22.5 Å². The Bertz CT molecular complexity index is 625. The number of nitrogens with zero attached hydrogens (tertiary/aromatic N) is 2. The summed E-state index contributed by atoms with van der Waals surface area (Å²) in [4.78, 5) is 14.6. The first-order valence-corrected chi connectivity index (χ1v) is 5.69. The van der Waals surface area contributed by atoms with Crippen molar-refractivity contribution >= 4 is 22.8 Å². The van der Waals surface area contributed by atoms with Crippen LogP contribution in [-0.2, 0) is 0 Å². The van der Waals surface area contributed by atoms with Crippen LogP contribution in [0.25, 0.3) is 11.1 Å². The van der Waals surface area contributed by atoms with Crippen LogP contribution in [0, 0.1) is 10.1 Å². The second-order valence-electron chi connectivity index (χ2n) is 4.18. The average Bonchev–Trinajstić information content (AvgIpc) is 2.96. The van der Waals surface area contributed by atoms with E-state index in [9.17, 15) is 10.1 Å². The maximum absolute atomic E-state index is 10.9. The van der Waals surface area contributed by atoms with E-state index < -0.39 is 4.92 Å². The molecule has 0 fully saturated rings. The molecule has 0 amide bonds. The van der Waals surface area contributed by atoms with Crippen molar-refractivity contribution in [2.24, 2.45) is 0 Å². The molecule has 0 saturated heterocycles. The summed E-state index contributed by atoms with van der Waals surface area (Å²) in [5.41, 5.74) is 0.683. The van der Waals surface area contributed by atoms with E-state index in [-0.39, 0.29) is 17.2 Å².